The second kappa shape index (κ2) is 5.35. The van der Waals surface area contributed by atoms with Crippen LogP contribution in [0.3, 0.4) is 0 Å². The third-order valence-corrected chi connectivity index (χ3v) is 3.99. The second-order valence-corrected chi connectivity index (χ2v) is 5.52. The molecule has 3 rings (SSSR count). The Kier molecular flexibility index (Phi) is 3.55. The van der Waals surface area contributed by atoms with E-state index in [0.717, 1.165) is 13.1 Å². The van der Waals surface area contributed by atoms with Gasteiger partial charge in [0, 0.05) is 32.1 Å². The van der Waals surface area contributed by atoms with E-state index in [1.165, 1.54) is 15.7 Å². The van der Waals surface area contributed by atoms with Crippen molar-refractivity contribution in [1.82, 2.24) is 14.7 Å². The predicted molar refractivity (Wildman–Crippen MR) is 75.6 cm³/mol. The number of nitro groups is 1. The van der Waals surface area contributed by atoms with Gasteiger partial charge in [-0.2, -0.15) is 9.38 Å². The Morgan fingerprint density at radius 3 is 3.30 bits per heavy atom. The first-order valence-electron chi connectivity index (χ1n) is 6.30. The average Bonchev–Trinajstić information content (AvgIpc) is 2.98. The Bertz CT molecular complexity index is 619. The molecule has 0 amide bonds. The number of thiazole rings is 1. The number of anilines is 1. The monoisotopic (exact) mass is 297 g/mol. The van der Waals surface area contributed by atoms with Crippen molar-refractivity contribution in [3.63, 3.8) is 0 Å². The number of hydrogen-bond donors (Lipinski definition) is 1. The maximum absolute atomic E-state index is 11.3. The molecular formula is C11H15N5O3S. The van der Waals surface area contributed by atoms with Crippen LogP contribution in [0.25, 0.3) is 4.96 Å². The van der Waals surface area contributed by atoms with Crippen molar-refractivity contribution in [3.05, 3.63) is 21.7 Å². The van der Waals surface area contributed by atoms with Crippen LogP contribution in [0.4, 0.5) is 11.6 Å². The second-order valence-electron chi connectivity index (χ2n) is 4.65. The molecule has 1 unspecified atom stereocenters. The molecule has 1 aliphatic heterocycles. The summed E-state index contributed by atoms with van der Waals surface area (Å²) in [5.41, 5.74) is 0. The Balaban J connectivity index is 1.86. The smallest absolute Gasteiger partial charge is 0.373 e. The summed E-state index contributed by atoms with van der Waals surface area (Å²) in [6.45, 7) is 2.83. The van der Waals surface area contributed by atoms with Crippen molar-refractivity contribution in [2.75, 3.05) is 38.2 Å². The number of rotatable bonds is 4. The molecule has 0 aliphatic carbocycles. The van der Waals surface area contributed by atoms with Crippen LogP contribution in [0.2, 0.25) is 0 Å². The molecule has 0 radical (unpaired) electrons. The van der Waals surface area contributed by atoms with Gasteiger partial charge in [-0.15, -0.1) is 0 Å². The molecule has 0 bridgehead atoms. The van der Waals surface area contributed by atoms with Gasteiger partial charge in [0.15, 0.2) is 0 Å². The van der Waals surface area contributed by atoms with Crippen molar-refractivity contribution in [3.8, 4) is 0 Å². The zero-order chi connectivity index (χ0) is 14.1. The van der Waals surface area contributed by atoms with Crippen molar-refractivity contribution >= 4 is 27.9 Å². The number of nitrogens with zero attached hydrogens (tertiary/aromatic N) is 4. The molecule has 0 spiro atoms. The molecular weight excluding hydrogens is 282 g/mol. The lowest BCUT2D eigenvalue weighted by molar-refractivity contribution is -0.389. The van der Waals surface area contributed by atoms with Gasteiger partial charge in [0.25, 0.3) is 4.96 Å². The molecule has 3 heterocycles. The highest BCUT2D eigenvalue weighted by Crippen LogP contribution is 2.30. The van der Waals surface area contributed by atoms with Crippen LogP contribution in [0.1, 0.15) is 0 Å². The summed E-state index contributed by atoms with van der Waals surface area (Å²) in [7, 11) is 1.80. The minimum absolute atomic E-state index is 0.00696. The normalized spacial score (nSPS) is 19.4. The maximum Gasteiger partial charge on any atom is 0.373 e. The maximum atomic E-state index is 11.3. The lowest BCUT2D eigenvalue weighted by Gasteiger charge is -2.27. The summed E-state index contributed by atoms with van der Waals surface area (Å²) in [6.07, 6.45) is 1.69. The fourth-order valence-electron chi connectivity index (χ4n) is 2.32. The van der Waals surface area contributed by atoms with Crippen LogP contribution < -0.4 is 10.2 Å². The molecule has 8 nitrogen and oxygen atoms in total. The highest BCUT2D eigenvalue weighted by Gasteiger charge is 2.28. The van der Waals surface area contributed by atoms with Gasteiger partial charge >= 0.3 is 5.82 Å². The predicted octanol–water partition coefficient (Wildman–Crippen LogP) is 0.729. The first kappa shape index (κ1) is 13.3. The zero-order valence-electron chi connectivity index (χ0n) is 11.0. The summed E-state index contributed by atoms with van der Waals surface area (Å²) >= 11 is 1.38. The molecule has 9 heteroatoms. The minimum atomic E-state index is -0.390. The first-order chi connectivity index (χ1) is 9.66. The number of ether oxygens (including phenoxy) is 1. The van der Waals surface area contributed by atoms with Crippen LogP contribution in [0.5, 0.6) is 0 Å². The Hall–Kier alpha value is -1.71. The summed E-state index contributed by atoms with van der Waals surface area (Å²) in [4.78, 5) is 17.6. The Morgan fingerprint density at radius 2 is 2.60 bits per heavy atom. The van der Waals surface area contributed by atoms with Gasteiger partial charge in [-0.25, -0.2) is 0 Å². The number of aromatic nitrogens is 2. The number of morpholine rings is 1. The average molecular weight is 297 g/mol. The van der Waals surface area contributed by atoms with E-state index in [1.54, 1.807) is 23.5 Å². The molecule has 1 atom stereocenters. The number of fused-ring (bicyclic) bond motifs is 1. The number of nitrogens with one attached hydrogen (secondary N) is 1. The summed E-state index contributed by atoms with van der Waals surface area (Å²) in [6, 6.07) is 0. The van der Waals surface area contributed by atoms with E-state index in [-0.39, 0.29) is 11.9 Å². The molecule has 2 aromatic rings. The van der Waals surface area contributed by atoms with E-state index >= 15 is 0 Å². The van der Waals surface area contributed by atoms with Crippen LogP contribution in [0, 0.1) is 10.1 Å². The SMILES string of the molecule is CN(CC1CNCCO1)c1nc2sccn2c1[N+](=O)[O-]. The van der Waals surface area contributed by atoms with Crippen LogP contribution in [-0.2, 0) is 4.74 Å². The van der Waals surface area contributed by atoms with Gasteiger partial charge in [-0.1, -0.05) is 11.3 Å². The third-order valence-electron chi connectivity index (χ3n) is 3.24. The van der Waals surface area contributed by atoms with Gasteiger partial charge in [-0.3, -0.25) is 0 Å². The molecule has 1 fully saturated rings. The van der Waals surface area contributed by atoms with Crippen LogP contribution >= 0.6 is 11.3 Å². The number of imidazole rings is 1. The molecule has 0 saturated carbocycles. The third kappa shape index (κ3) is 2.35. The van der Waals surface area contributed by atoms with Crippen molar-refractivity contribution in [2.45, 2.75) is 6.10 Å². The highest BCUT2D eigenvalue weighted by molar-refractivity contribution is 7.15. The fraction of sp³-hybridized carbons (Fsp3) is 0.545. The number of hydrogen-bond acceptors (Lipinski definition) is 7. The van der Waals surface area contributed by atoms with E-state index < -0.39 is 4.92 Å². The standard InChI is InChI=1S/C11H15N5O3S/c1-14(7-8-6-12-2-4-19-8)9-10(16(17)18)15-3-5-20-11(15)13-9/h3,5,8,12H,2,4,6-7H2,1H3. The van der Waals surface area contributed by atoms with Crippen LogP contribution in [-0.4, -0.2) is 53.7 Å². The topological polar surface area (TPSA) is 84.9 Å². The lowest BCUT2D eigenvalue weighted by Crippen LogP contribution is -2.44. The van der Waals surface area contributed by atoms with Gasteiger partial charge in [0.1, 0.15) is 6.20 Å². The molecule has 108 valence electrons. The first-order valence-corrected chi connectivity index (χ1v) is 7.18. The van der Waals surface area contributed by atoms with Gasteiger partial charge in [-0.05, 0) is 4.92 Å². The van der Waals surface area contributed by atoms with Crippen LogP contribution in [0.15, 0.2) is 11.6 Å². The van der Waals surface area contributed by atoms with E-state index in [1.807, 2.05) is 0 Å². The minimum Gasteiger partial charge on any atom is -0.374 e. The lowest BCUT2D eigenvalue weighted by atomic mass is 10.3. The van der Waals surface area contributed by atoms with Gasteiger partial charge in [0.05, 0.1) is 12.7 Å². The zero-order valence-corrected chi connectivity index (χ0v) is 11.8. The summed E-state index contributed by atoms with van der Waals surface area (Å²) in [5.74, 6) is 0.392. The van der Waals surface area contributed by atoms with E-state index in [0.29, 0.717) is 23.9 Å². The molecule has 20 heavy (non-hydrogen) atoms. The van der Waals surface area contributed by atoms with E-state index in [2.05, 4.69) is 10.3 Å². The quantitative estimate of drug-likeness (QED) is 0.661. The Labute approximate surface area is 119 Å². The molecule has 1 N–H and O–H groups in total. The fourth-order valence-corrected chi connectivity index (χ4v) is 3.02. The summed E-state index contributed by atoms with van der Waals surface area (Å²) < 4.78 is 7.13. The summed E-state index contributed by atoms with van der Waals surface area (Å²) in [5, 5.41) is 16.3. The van der Waals surface area contributed by atoms with Crippen molar-refractivity contribution < 1.29 is 9.66 Å². The molecule has 1 saturated heterocycles. The largest absolute Gasteiger partial charge is 0.374 e. The highest BCUT2D eigenvalue weighted by atomic mass is 32.1. The number of likely N-dealkylation sites (N-methyl/N-ethyl adjacent to an activating group) is 1. The van der Waals surface area contributed by atoms with Crippen molar-refractivity contribution in [2.24, 2.45) is 0 Å². The molecule has 0 aromatic carbocycles. The molecule has 2 aromatic heterocycles. The van der Waals surface area contributed by atoms with Gasteiger partial charge < -0.3 is 25.1 Å². The Morgan fingerprint density at radius 1 is 1.75 bits per heavy atom. The van der Waals surface area contributed by atoms with Crippen molar-refractivity contribution in [1.29, 1.82) is 0 Å². The molecule has 1 aliphatic rings. The van der Waals surface area contributed by atoms with E-state index in [9.17, 15) is 10.1 Å². The van der Waals surface area contributed by atoms with E-state index in [4.69, 9.17) is 4.74 Å². The van der Waals surface area contributed by atoms with Gasteiger partial charge in [0.2, 0.25) is 5.82 Å².